The molecular formula is C11H21NO3Si. The molecular weight excluding hydrogens is 222 g/mol. The van der Waals surface area contributed by atoms with Crippen LogP contribution in [0.2, 0.25) is 23.7 Å². The van der Waals surface area contributed by atoms with E-state index in [-0.39, 0.29) is 11.5 Å². The molecule has 92 valence electrons. The predicted molar refractivity (Wildman–Crippen MR) is 64.8 cm³/mol. The Labute approximate surface area is 97.9 Å². The quantitative estimate of drug-likeness (QED) is 0.742. The molecule has 0 saturated carbocycles. The molecule has 16 heavy (non-hydrogen) atoms. The average Bonchev–Trinajstić information content (AvgIpc) is 2.10. The van der Waals surface area contributed by atoms with Crippen LogP contribution in [0, 0.1) is 11.3 Å². The maximum absolute atomic E-state index is 10.9. The summed E-state index contributed by atoms with van der Waals surface area (Å²) in [5, 5.41) is 27.3. The first-order valence-electron chi connectivity index (χ1n) is 5.33. The fourth-order valence-electron chi connectivity index (χ4n) is 1.59. The molecule has 0 aliphatic carbocycles. The Balaban J connectivity index is 5.22. The number of carbonyl (C=O) groups is 1. The number of rotatable bonds is 4. The highest BCUT2D eigenvalue weighted by molar-refractivity contribution is 6.81. The molecule has 0 rings (SSSR count). The van der Waals surface area contributed by atoms with E-state index >= 15 is 0 Å². The highest BCUT2D eigenvalue weighted by Crippen LogP contribution is 2.46. The van der Waals surface area contributed by atoms with E-state index in [2.05, 4.69) is 0 Å². The lowest BCUT2D eigenvalue weighted by Gasteiger charge is -2.43. The van der Waals surface area contributed by atoms with Gasteiger partial charge in [0.2, 0.25) is 0 Å². The fraction of sp³-hybridized carbons (Fsp3) is 0.818. The van der Waals surface area contributed by atoms with Crippen LogP contribution < -0.4 is 0 Å². The first kappa shape index (κ1) is 15.1. The molecule has 0 heterocycles. The number of nitrogens with zero attached hydrogens (tertiary/aromatic N) is 1. The molecule has 0 spiro atoms. The van der Waals surface area contributed by atoms with Crippen molar-refractivity contribution < 1.29 is 15.0 Å². The van der Waals surface area contributed by atoms with Crippen LogP contribution in [0.15, 0.2) is 0 Å². The van der Waals surface area contributed by atoms with Crippen molar-refractivity contribution in [2.45, 2.75) is 57.0 Å². The molecule has 4 nitrogen and oxygen atoms in total. The number of aliphatic hydroxyl groups is 1. The van der Waals surface area contributed by atoms with Gasteiger partial charge in [0.25, 0.3) is 0 Å². The molecule has 1 unspecified atom stereocenters. The molecule has 2 atom stereocenters. The lowest BCUT2D eigenvalue weighted by Crippen LogP contribution is -2.48. The smallest absolute Gasteiger partial charge is 0.332 e. The van der Waals surface area contributed by atoms with Gasteiger partial charge in [-0.15, -0.1) is 0 Å². The van der Waals surface area contributed by atoms with Gasteiger partial charge in [0.1, 0.15) is 0 Å². The molecule has 0 bridgehead atoms. The third-order valence-corrected chi connectivity index (χ3v) is 10.0. The Morgan fingerprint density at radius 2 is 1.88 bits per heavy atom. The first-order chi connectivity index (χ1) is 7.05. The third kappa shape index (κ3) is 3.06. The predicted octanol–water partition coefficient (Wildman–Crippen LogP) is 2.22. The van der Waals surface area contributed by atoms with E-state index in [9.17, 15) is 9.90 Å². The van der Waals surface area contributed by atoms with Crippen molar-refractivity contribution in [3.63, 3.8) is 0 Å². The summed E-state index contributed by atoms with van der Waals surface area (Å²) in [7, 11) is -2.03. The molecule has 0 aromatic carbocycles. The molecule has 0 aromatic rings. The largest absolute Gasteiger partial charge is 0.479 e. The van der Waals surface area contributed by atoms with Crippen molar-refractivity contribution in [1.82, 2.24) is 0 Å². The highest BCUT2D eigenvalue weighted by atomic mass is 28.3. The van der Waals surface area contributed by atoms with Gasteiger partial charge in [-0.05, 0) is 5.04 Å². The van der Waals surface area contributed by atoms with Crippen LogP contribution in [-0.4, -0.2) is 30.4 Å². The Morgan fingerprint density at radius 1 is 1.44 bits per heavy atom. The van der Waals surface area contributed by atoms with Crippen molar-refractivity contribution in [2.24, 2.45) is 0 Å². The lowest BCUT2D eigenvalue weighted by molar-refractivity contribution is -0.146. The van der Waals surface area contributed by atoms with Crippen LogP contribution in [0.25, 0.3) is 0 Å². The maximum Gasteiger partial charge on any atom is 0.332 e. The van der Waals surface area contributed by atoms with Gasteiger partial charge in [0.15, 0.2) is 6.10 Å². The second kappa shape index (κ2) is 4.98. The van der Waals surface area contributed by atoms with Gasteiger partial charge >= 0.3 is 5.97 Å². The number of carboxylic acids is 1. The van der Waals surface area contributed by atoms with Gasteiger partial charge in [0, 0.05) is 12.0 Å². The topological polar surface area (TPSA) is 81.3 Å². The van der Waals surface area contributed by atoms with Gasteiger partial charge in [0.05, 0.1) is 14.1 Å². The van der Waals surface area contributed by atoms with Crippen molar-refractivity contribution in [2.75, 3.05) is 0 Å². The zero-order valence-corrected chi connectivity index (χ0v) is 11.6. The van der Waals surface area contributed by atoms with E-state index < -0.39 is 25.7 Å². The van der Waals surface area contributed by atoms with E-state index in [1.807, 2.05) is 39.9 Å². The minimum absolute atomic E-state index is 0.0506. The van der Waals surface area contributed by atoms with E-state index in [1.54, 1.807) is 0 Å². The van der Waals surface area contributed by atoms with Crippen molar-refractivity contribution in [1.29, 1.82) is 5.26 Å². The Morgan fingerprint density at radius 3 is 2.12 bits per heavy atom. The Bertz CT molecular complexity index is 301. The summed E-state index contributed by atoms with van der Waals surface area (Å²) >= 11 is 0. The van der Waals surface area contributed by atoms with E-state index in [1.165, 1.54) is 0 Å². The molecule has 0 aliphatic rings. The highest BCUT2D eigenvalue weighted by Gasteiger charge is 2.46. The molecule has 0 fully saturated rings. The van der Waals surface area contributed by atoms with Crippen LogP contribution in [0.5, 0.6) is 0 Å². The summed E-state index contributed by atoms with van der Waals surface area (Å²) in [6.45, 7) is 10.2. The summed E-state index contributed by atoms with van der Waals surface area (Å²) in [4.78, 5) is 10.9. The summed E-state index contributed by atoms with van der Waals surface area (Å²) in [6, 6.07) is 1.99. The van der Waals surface area contributed by atoms with Gasteiger partial charge < -0.3 is 10.2 Å². The van der Waals surface area contributed by atoms with E-state index in [4.69, 9.17) is 10.4 Å². The molecule has 0 amide bonds. The molecule has 0 aliphatic heterocycles. The maximum atomic E-state index is 10.9. The minimum Gasteiger partial charge on any atom is -0.479 e. The number of aliphatic hydroxyl groups excluding tert-OH is 1. The SMILES string of the molecule is CC(C)(C)[Si](C)(C)C(CC#N)[C@H](O)C(=O)O. The number of nitriles is 1. The van der Waals surface area contributed by atoms with E-state index in [0.717, 1.165) is 0 Å². The lowest BCUT2D eigenvalue weighted by atomic mass is 10.2. The van der Waals surface area contributed by atoms with Crippen molar-refractivity contribution >= 4 is 14.0 Å². The second-order valence-electron chi connectivity index (χ2n) is 5.72. The third-order valence-electron chi connectivity index (χ3n) is 3.81. The molecule has 0 radical (unpaired) electrons. The minimum atomic E-state index is -2.03. The van der Waals surface area contributed by atoms with Gasteiger partial charge in [-0.3, -0.25) is 0 Å². The number of hydrogen-bond donors (Lipinski definition) is 2. The van der Waals surface area contributed by atoms with Gasteiger partial charge in [-0.1, -0.05) is 33.9 Å². The number of aliphatic carboxylic acids is 1. The molecule has 0 aromatic heterocycles. The number of carboxylic acid groups (broad SMARTS) is 1. The summed E-state index contributed by atoms with van der Waals surface area (Å²) in [5.74, 6) is -1.23. The summed E-state index contributed by atoms with van der Waals surface area (Å²) < 4.78 is 0. The van der Waals surface area contributed by atoms with Crippen LogP contribution in [0.3, 0.4) is 0 Å². The fourth-order valence-corrected chi connectivity index (χ4v) is 4.23. The number of hydrogen-bond acceptors (Lipinski definition) is 3. The van der Waals surface area contributed by atoms with E-state index in [0.29, 0.717) is 0 Å². The molecule has 5 heteroatoms. The van der Waals surface area contributed by atoms with Crippen molar-refractivity contribution in [3.8, 4) is 6.07 Å². The zero-order chi connectivity index (χ0) is 13.1. The van der Waals surface area contributed by atoms with Crippen LogP contribution in [-0.2, 0) is 4.79 Å². The summed E-state index contributed by atoms with van der Waals surface area (Å²) in [5.41, 5.74) is -0.435. The van der Waals surface area contributed by atoms with Gasteiger partial charge in [-0.25, -0.2) is 4.79 Å². The van der Waals surface area contributed by atoms with Crippen LogP contribution >= 0.6 is 0 Å². The monoisotopic (exact) mass is 243 g/mol. The van der Waals surface area contributed by atoms with Crippen molar-refractivity contribution in [3.05, 3.63) is 0 Å². The standard InChI is InChI=1S/C11H21NO3Si/c1-11(2,3)16(4,5)8(6-7-12)9(13)10(14)15/h8-9,13H,6H2,1-5H3,(H,14,15)/t8?,9-/m0/s1. The van der Waals surface area contributed by atoms with Gasteiger partial charge in [-0.2, -0.15) is 5.26 Å². The Kier molecular flexibility index (Phi) is 4.71. The van der Waals surface area contributed by atoms with Crippen LogP contribution in [0.1, 0.15) is 27.2 Å². The summed E-state index contributed by atoms with van der Waals surface area (Å²) in [6.07, 6.45) is -1.33. The second-order valence-corrected chi connectivity index (χ2v) is 11.4. The van der Waals surface area contributed by atoms with Crippen LogP contribution in [0.4, 0.5) is 0 Å². The first-order valence-corrected chi connectivity index (χ1v) is 8.41. The normalized spacial score (nSPS) is 16.3. The average molecular weight is 243 g/mol. The Hall–Kier alpha value is -0.863. The zero-order valence-electron chi connectivity index (χ0n) is 10.6. The molecule has 0 saturated heterocycles. The molecule has 2 N–H and O–H groups in total.